The fourth-order valence-electron chi connectivity index (χ4n) is 5.31. The lowest BCUT2D eigenvalue weighted by molar-refractivity contribution is -0.156. The maximum Gasteiger partial charge on any atom is 0.338 e. The third-order valence-corrected chi connectivity index (χ3v) is 8.92. The topological polar surface area (TPSA) is 80.8 Å². The second kappa shape index (κ2) is 21.6. The van der Waals surface area contributed by atoms with Gasteiger partial charge in [0.2, 0.25) is 0 Å². The van der Waals surface area contributed by atoms with Gasteiger partial charge in [-0.1, -0.05) is 85.4 Å². The first-order valence-corrected chi connectivity index (χ1v) is 17.7. The van der Waals surface area contributed by atoms with E-state index in [1.165, 1.54) is 18.2 Å². The molecule has 0 N–H and O–H groups in total. The van der Waals surface area contributed by atoms with E-state index in [1.54, 1.807) is 11.0 Å². The quantitative estimate of drug-likeness (QED) is 0.0512. The van der Waals surface area contributed by atoms with Crippen molar-refractivity contribution in [1.29, 1.82) is 0 Å². The predicted molar refractivity (Wildman–Crippen MR) is 193 cm³/mol. The first-order valence-electron chi connectivity index (χ1n) is 16.8. The molecule has 0 spiro atoms. The molecule has 2 aliphatic rings. The van der Waals surface area contributed by atoms with Crippen molar-refractivity contribution in [3.63, 3.8) is 0 Å². The van der Waals surface area contributed by atoms with Gasteiger partial charge >= 0.3 is 11.9 Å². The molecule has 1 saturated heterocycles. The van der Waals surface area contributed by atoms with E-state index in [2.05, 4.69) is 68.2 Å². The number of carbonyl (C=O) groups is 4. The highest BCUT2D eigenvalue weighted by molar-refractivity contribution is 7.81. The summed E-state index contributed by atoms with van der Waals surface area (Å²) < 4.78 is 19.8. The van der Waals surface area contributed by atoms with E-state index >= 15 is 0 Å². The summed E-state index contributed by atoms with van der Waals surface area (Å²) in [6.07, 6.45) is 28.9. The average Bonchev–Trinajstić information content (AvgIpc) is 3.89. The van der Waals surface area contributed by atoms with E-state index in [0.717, 1.165) is 44.9 Å². The lowest BCUT2D eigenvalue weighted by Gasteiger charge is -2.37. The minimum atomic E-state index is -0.922. The number of carbonyl (C=O) groups excluding carboxylic acids is 4. The molecule has 0 bridgehead atoms. The van der Waals surface area contributed by atoms with Crippen molar-refractivity contribution >= 4 is 47.7 Å². The fraction of sp³-hybridized carbons (Fsp3) is 0.436. The number of ketones is 2. The Morgan fingerprint density at radius 3 is 2.12 bits per heavy atom. The number of nitrogens with zero attached hydrogens (tertiary/aromatic N) is 1. The van der Waals surface area contributed by atoms with E-state index in [4.69, 9.17) is 16.3 Å². The van der Waals surface area contributed by atoms with E-state index in [-0.39, 0.29) is 46.3 Å². The molecular weight excluding hydrogens is 649 g/mol. The van der Waals surface area contributed by atoms with Crippen LogP contribution in [0.5, 0.6) is 0 Å². The molecule has 1 aromatic rings. The van der Waals surface area contributed by atoms with Crippen molar-refractivity contribution in [1.82, 2.24) is 4.90 Å². The van der Waals surface area contributed by atoms with Gasteiger partial charge in [0.1, 0.15) is 18.0 Å². The van der Waals surface area contributed by atoms with E-state index in [0.29, 0.717) is 25.0 Å². The molecule has 1 aliphatic heterocycles. The average molecular weight is 696 g/mol. The molecule has 1 heterocycles. The summed E-state index contributed by atoms with van der Waals surface area (Å²) in [5, 5.41) is -0.148. The number of thiol groups is 1. The molecule has 2 fully saturated rings. The first-order chi connectivity index (χ1) is 23.2. The van der Waals surface area contributed by atoms with Gasteiger partial charge in [-0.3, -0.25) is 19.3 Å². The molecule has 0 radical (unpaired) electrons. The van der Waals surface area contributed by atoms with Crippen LogP contribution in [-0.2, 0) is 23.9 Å². The first kappa shape index (κ1) is 39.1. The summed E-state index contributed by atoms with van der Waals surface area (Å²) >= 11 is 10.9. The van der Waals surface area contributed by atoms with Crippen molar-refractivity contribution < 1.29 is 28.3 Å². The molecule has 1 aromatic carbocycles. The molecule has 2 atom stereocenters. The van der Waals surface area contributed by atoms with Gasteiger partial charge in [-0.25, -0.2) is 9.18 Å². The van der Waals surface area contributed by atoms with Gasteiger partial charge in [0.15, 0.2) is 5.78 Å². The normalized spacial score (nSPS) is 19.0. The zero-order valence-electron chi connectivity index (χ0n) is 27.7. The number of rotatable bonds is 19. The van der Waals surface area contributed by atoms with Gasteiger partial charge < -0.3 is 4.74 Å². The van der Waals surface area contributed by atoms with Gasteiger partial charge in [0.25, 0.3) is 0 Å². The Kier molecular flexibility index (Phi) is 17.6. The Hall–Kier alpha value is -3.33. The van der Waals surface area contributed by atoms with Gasteiger partial charge in [0.05, 0.1) is 6.04 Å². The third kappa shape index (κ3) is 14.0. The number of allylic oxidation sites excluding steroid dienone is 10. The largest absolute Gasteiger partial charge is 0.390 e. The molecular formula is C39H47ClFNO5S. The SMILES string of the molecule is CC/C=C\C/C=C\C/C=C\C/C=C\C/C=C\CCC(=O)CC(=O)OC(=O)/C=C1/CN(C(C(=O)C2CC2)c2c(F)cccc2Cl)CCC1S. The number of halogens is 2. The minimum absolute atomic E-state index is 0.0974. The summed E-state index contributed by atoms with van der Waals surface area (Å²) in [5.41, 5.74) is 0.669. The summed E-state index contributed by atoms with van der Waals surface area (Å²) in [7, 11) is 0. The van der Waals surface area contributed by atoms with Crippen LogP contribution in [0.4, 0.5) is 4.39 Å². The molecule has 3 rings (SSSR count). The van der Waals surface area contributed by atoms with E-state index in [1.807, 2.05) is 12.2 Å². The van der Waals surface area contributed by atoms with Crippen LogP contribution in [0, 0.1) is 11.7 Å². The Balaban J connectivity index is 1.40. The molecule has 1 saturated carbocycles. The molecule has 0 amide bonds. The zero-order chi connectivity index (χ0) is 34.7. The van der Waals surface area contributed by atoms with Crippen LogP contribution >= 0.6 is 24.2 Å². The van der Waals surface area contributed by atoms with Gasteiger partial charge in [-0.2, -0.15) is 12.6 Å². The van der Waals surface area contributed by atoms with Gasteiger partial charge in [-0.05, 0) is 75.5 Å². The van der Waals surface area contributed by atoms with Crippen molar-refractivity contribution in [3.05, 3.63) is 107 Å². The highest BCUT2D eigenvalue weighted by atomic mass is 35.5. The molecule has 9 heteroatoms. The van der Waals surface area contributed by atoms with Crippen LogP contribution in [0.3, 0.4) is 0 Å². The minimum Gasteiger partial charge on any atom is -0.390 e. The summed E-state index contributed by atoms with van der Waals surface area (Å²) in [5.74, 6) is -2.95. The Morgan fingerprint density at radius 2 is 1.54 bits per heavy atom. The number of Topliss-reactive ketones (excluding diaryl/α,β-unsaturated/α-hetero) is 2. The Morgan fingerprint density at radius 1 is 0.938 bits per heavy atom. The molecule has 2 unspecified atom stereocenters. The monoisotopic (exact) mass is 695 g/mol. The van der Waals surface area contributed by atoms with Crippen molar-refractivity contribution in [2.45, 2.75) is 88.8 Å². The van der Waals surface area contributed by atoms with Crippen LogP contribution < -0.4 is 0 Å². The Labute approximate surface area is 294 Å². The van der Waals surface area contributed by atoms with Crippen LogP contribution in [0.1, 0.15) is 89.2 Å². The fourth-order valence-corrected chi connectivity index (χ4v) is 5.85. The maximum absolute atomic E-state index is 14.9. The van der Waals surface area contributed by atoms with Crippen LogP contribution in [0.15, 0.2) is 90.6 Å². The van der Waals surface area contributed by atoms with Crippen molar-refractivity contribution in [2.24, 2.45) is 5.92 Å². The smallest absolute Gasteiger partial charge is 0.338 e. The summed E-state index contributed by atoms with van der Waals surface area (Å²) in [4.78, 5) is 52.3. The number of benzene rings is 1. The molecule has 0 aromatic heterocycles. The van der Waals surface area contributed by atoms with Gasteiger partial charge in [-0.15, -0.1) is 0 Å². The number of likely N-dealkylation sites (tertiary alicyclic amines) is 1. The standard InChI is InChI=1S/C39H47ClFNO5S/c1-2-3-4-5-6-7-8-9-10-11-12-13-14-15-16-17-19-31(43)27-36(45)47-35(44)26-30-28-42(25-24-34(30)48)38(39(46)29-22-23-29)37-32(40)20-18-21-33(37)41/h3-4,6-7,9-10,12-13,15-16,18,20-21,26,29,34,38,48H,2,5,8,11,14,17,19,22-25,27-28H2,1H3/b4-3-,7-6-,10-9-,13-12-,16-15-,30-26-. The van der Waals surface area contributed by atoms with Crippen LogP contribution in [0.2, 0.25) is 5.02 Å². The molecule has 48 heavy (non-hydrogen) atoms. The number of ether oxygens (including phenoxy) is 1. The molecule has 258 valence electrons. The van der Waals surface area contributed by atoms with E-state index in [9.17, 15) is 23.6 Å². The van der Waals surface area contributed by atoms with E-state index < -0.39 is 30.2 Å². The highest BCUT2D eigenvalue weighted by Gasteiger charge is 2.42. The lowest BCUT2D eigenvalue weighted by Crippen LogP contribution is -2.43. The number of hydrogen-bond donors (Lipinski definition) is 1. The van der Waals surface area contributed by atoms with Crippen LogP contribution in [-0.4, -0.2) is 46.7 Å². The maximum atomic E-state index is 14.9. The highest BCUT2D eigenvalue weighted by Crippen LogP contribution is 2.41. The Bertz CT molecular complexity index is 1420. The number of piperidine rings is 1. The summed E-state index contributed by atoms with van der Waals surface area (Å²) in [6, 6.07) is 3.44. The lowest BCUT2D eigenvalue weighted by atomic mass is 9.93. The third-order valence-electron chi connectivity index (χ3n) is 8.00. The molecule has 1 aliphatic carbocycles. The number of esters is 2. The number of hydrogen-bond acceptors (Lipinski definition) is 7. The van der Waals surface area contributed by atoms with Crippen LogP contribution in [0.25, 0.3) is 0 Å². The second-order valence-corrected chi connectivity index (χ2v) is 13.0. The van der Waals surface area contributed by atoms with Gasteiger partial charge in [0, 0.05) is 47.3 Å². The molecule has 6 nitrogen and oxygen atoms in total. The predicted octanol–water partition coefficient (Wildman–Crippen LogP) is 8.99. The summed E-state index contributed by atoms with van der Waals surface area (Å²) in [6.45, 7) is 2.72. The second-order valence-electron chi connectivity index (χ2n) is 12.0. The van der Waals surface area contributed by atoms with Crippen molar-refractivity contribution in [2.75, 3.05) is 13.1 Å². The zero-order valence-corrected chi connectivity index (χ0v) is 29.3. The van der Waals surface area contributed by atoms with Crippen molar-refractivity contribution in [3.8, 4) is 0 Å².